The van der Waals surface area contributed by atoms with Crippen LogP contribution in [0.1, 0.15) is 18.1 Å². The molecule has 1 aliphatic heterocycles. The molecular formula is C25H22N4O4S2. The molecule has 0 radical (unpaired) electrons. The second-order valence-corrected chi connectivity index (χ2v) is 10.1. The Balaban J connectivity index is 1.66. The number of nitrogens with zero attached hydrogens (tertiary/aromatic N) is 2. The van der Waals surface area contributed by atoms with E-state index in [2.05, 4.69) is 15.1 Å². The number of aliphatic imine (C=N–C) groups is 1. The molecular weight excluding hydrogens is 484 g/mol. The predicted molar refractivity (Wildman–Crippen MR) is 137 cm³/mol. The van der Waals surface area contributed by atoms with Gasteiger partial charge in [-0.2, -0.15) is 0 Å². The summed E-state index contributed by atoms with van der Waals surface area (Å²) in [4.78, 5) is 32.3. The number of carbonyl (C=O) groups excluding carboxylic acids is 2. The third-order valence-corrected chi connectivity index (χ3v) is 7.07. The smallest absolute Gasteiger partial charge is 0.293 e. The molecule has 2 amide bonds. The van der Waals surface area contributed by atoms with Gasteiger partial charge in [-0.15, -0.1) is 16.6 Å². The molecule has 1 heterocycles. The van der Waals surface area contributed by atoms with E-state index in [0.717, 1.165) is 15.5 Å². The number of nitrogens with one attached hydrogen (secondary N) is 2. The van der Waals surface area contributed by atoms with Crippen LogP contribution in [0.4, 0.5) is 5.69 Å². The topological polar surface area (TPSA) is 108 Å². The monoisotopic (exact) mass is 506 g/mol. The summed E-state index contributed by atoms with van der Waals surface area (Å²) >= 11 is 1.61. The lowest BCUT2D eigenvalue weighted by Crippen LogP contribution is -2.47. The molecule has 0 bridgehead atoms. The first kappa shape index (κ1) is 24.4. The van der Waals surface area contributed by atoms with E-state index in [4.69, 9.17) is 0 Å². The number of hydrazine groups is 1. The summed E-state index contributed by atoms with van der Waals surface area (Å²) in [6, 6.07) is 22.1. The van der Waals surface area contributed by atoms with Crippen molar-refractivity contribution in [2.75, 3.05) is 11.6 Å². The highest BCUT2D eigenvalue weighted by Gasteiger charge is 2.34. The van der Waals surface area contributed by atoms with Crippen LogP contribution in [0.3, 0.4) is 0 Å². The molecule has 0 saturated carbocycles. The van der Waals surface area contributed by atoms with Crippen molar-refractivity contribution in [2.24, 2.45) is 4.99 Å². The fourth-order valence-corrected chi connectivity index (χ4v) is 4.75. The van der Waals surface area contributed by atoms with Crippen LogP contribution in [0.15, 0.2) is 99.3 Å². The minimum Gasteiger partial charge on any atom is -0.326 e. The van der Waals surface area contributed by atoms with Crippen molar-refractivity contribution >= 4 is 51.2 Å². The number of amidine groups is 1. The van der Waals surface area contributed by atoms with Crippen molar-refractivity contribution in [1.82, 2.24) is 9.84 Å². The Kier molecular flexibility index (Phi) is 7.15. The normalized spacial score (nSPS) is 14.8. The van der Waals surface area contributed by atoms with Crippen LogP contribution in [0.25, 0.3) is 6.08 Å². The minimum absolute atomic E-state index is 0.0723. The lowest BCUT2D eigenvalue weighted by atomic mass is 10.2. The minimum atomic E-state index is -4.14. The predicted octanol–water partition coefficient (Wildman–Crippen LogP) is 3.89. The van der Waals surface area contributed by atoms with Crippen LogP contribution in [-0.2, 0) is 19.6 Å². The summed E-state index contributed by atoms with van der Waals surface area (Å²) in [5, 5.41) is 3.52. The number of rotatable bonds is 7. The van der Waals surface area contributed by atoms with E-state index in [-0.39, 0.29) is 22.3 Å². The molecule has 4 rings (SSSR count). The molecule has 3 aromatic rings. The molecule has 0 atom stereocenters. The maximum Gasteiger partial charge on any atom is 0.293 e. The van der Waals surface area contributed by atoms with Gasteiger partial charge < -0.3 is 5.32 Å². The number of sulfonamides is 1. The van der Waals surface area contributed by atoms with Gasteiger partial charge in [-0.1, -0.05) is 42.5 Å². The zero-order valence-corrected chi connectivity index (χ0v) is 20.6. The van der Waals surface area contributed by atoms with Gasteiger partial charge in [0.1, 0.15) is 5.70 Å². The van der Waals surface area contributed by atoms with Gasteiger partial charge >= 0.3 is 0 Å². The van der Waals surface area contributed by atoms with E-state index >= 15 is 0 Å². The maximum absolute atomic E-state index is 13.3. The standard InChI is InChI=1S/C25H22N4O4S2/c1-17(30)26-20-10-14-22(15-11-20)35(32,33)28-29-24(19-6-4-3-5-7-19)27-23(25(29)31)16-18-8-12-21(34-2)13-9-18/h3-16,28H,1-2H3,(H,26,30)/b23-16+. The lowest BCUT2D eigenvalue weighted by Gasteiger charge is -2.19. The van der Waals surface area contributed by atoms with Gasteiger partial charge in [0.25, 0.3) is 15.9 Å². The van der Waals surface area contributed by atoms with Crippen molar-refractivity contribution in [1.29, 1.82) is 0 Å². The first-order valence-electron chi connectivity index (χ1n) is 10.5. The number of hydrogen-bond acceptors (Lipinski definition) is 6. The fourth-order valence-electron chi connectivity index (χ4n) is 3.33. The first-order valence-corrected chi connectivity index (χ1v) is 13.2. The first-order chi connectivity index (χ1) is 16.8. The van der Waals surface area contributed by atoms with Gasteiger partial charge in [-0.05, 0) is 54.3 Å². The SMILES string of the molecule is CSc1ccc(/C=C2/N=C(c3ccccc3)N(NS(=O)(=O)c3ccc(NC(C)=O)cc3)C2=O)cc1. The van der Waals surface area contributed by atoms with E-state index < -0.39 is 15.9 Å². The summed E-state index contributed by atoms with van der Waals surface area (Å²) in [5.41, 5.74) is 1.90. The number of benzene rings is 3. The molecule has 0 aromatic heterocycles. The summed E-state index contributed by atoms with van der Waals surface area (Å²) in [5.74, 6) is -0.704. The average Bonchev–Trinajstić information content (AvgIpc) is 3.14. The zero-order chi connectivity index (χ0) is 25.0. The van der Waals surface area contributed by atoms with Gasteiger partial charge in [0.15, 0.2) is 5.84 Å². The van der Waals surface area contributed by atoms with Crippen LogP contribution < -0.4 is 10.1 Å². The fraction of sp³-hybridized carbons (Fsp3) is 0.0800. The Morgan fingerprint density at radius 3 is 2.23 bits per heavy atom. The van der Waals surface area contributed by atoms with Gasteiger partial charge in [0.05, 0.1) is 4.90 Å². The maximum atomic E-state index is 13.3. The van der Waals surface area contributed by atoms with Crippen LogP contribution in [0.2, 0.25) is 0 Å². The highest BCUT2D eigenvalue weighted by Crippen LogP contribution is 2.24. The summed E-state index contributed by atoms with van der Waals surface area (Å²) < 4.78 is 26.2. The molecule has 178 valence electrons. The molecule has 1 aliphatic rings. The largest absolute Gasteiger partial charge is 0.326 e. The highest BCUT2D eigenvalue weighted by molar-refractivity contribution is 7.98. The van der Waals surface area contributed by atoms with E-state index in [1.165, 1.54) is 31.2 Å². The van der Waals surface area contributed by atoms with Crippen LogP contribution in [-0.4, -0.2) is 37.3 Å². The number of carbonyl (C=O) groups is 2. The Hall–Kier alpha value is -3.73. The second-order valence-electron chi connectivity index (χ2n) is 7.55. The van der Waals surface area contributed by atoms with Crippen molar-refractivity contribution in [2.45, 2.75) is 16.7 Å². The van der Waals surface area contributed by atoms with Crippen LogP contribution in [0, 0.1) is 0 Å². The van der Waals surface area contributed by atoms with Gasteiger partial charge in [0.2, 0.25) is 5.91 Å². The summed E-state index contributed by atoms with van der Waals surface area (Å²) in [7, 11) is -4.14. The Morgan fingerprint density at radius 1 is 0.971 bits per heavy atom. The number of amides is 2. The second kappa shape index (κ2) is 10.3. The van der Waals surface area contributed by atoms with Crippen LogP contribution >= 0.6 is 11.8 Å². The van der Waals surface area contributed by atoms with Gasteiger partial charge in [-0.25, -0.2) is 18.4 Å². The van der Waals surface area contributed by atoms with Crippen molar-refractivity contribution in [3.8, 4) is 0 Å². The van der Waals surface area contributed by atoms with E-state index in [0.29, 0.717) is 11.3 Å². The van der Waals surface area contributed by atoms with Crippen molar-refractivity contribution in [3.05, 3.63) is 95.7 Å². The molecule has 10 heteroatoms. The van der Waals surface area contributed by atoms with Gasteiger partial charge in [0, 0.05) is 23.1 Å². The van der Waals surface area contributed by atoms with E-state index in [1.807, 2.05) is 36.6 Å². The van der Waals surface area contributed by atoms with Crippen molar-refractivity contribution in [3.63, 3.8) is 0 Å². The molecule has 0 saturated heterocycles. The Morgan fingerprint density at radius 2 is 1.63 bits per heavy atom. The molecule has 0 spiro atoms. The third kappa shape index (κ3) is 5.68. The molecule has 0 fully saturated rings. The van der Waals surface area contributed by atoms with E-state index in [1.54, 1.807) is 42.1 Å². The van der Waals surface area contributed by atoms with Crippen molar-refractivity contribution < 1.29 is 18.0 Å². The number of hydrogen-bond donors (Lipinski definition) is 2. The van der Waals surface area contributed by atoms with E-state index in [9.17, 15) is 18.0 Å². The van der Waals surface area contributed by atoms with Crippen LogP contribution in [0.5, 0.6) is 0 Å². The third-order valence-electron chi connectivity index (χ3n) is 5.01. The molecule has 8 nitrogen and oxygen atoms in total. The molecule has 2 N–H and O–H groups in total. The molecule has 3 aromatic carbocycles. The summed E-state index contributed by atoms with van der Waals surface area (Å²) in [6.45, 7) is 1.36. The number of thioether (sulfide) groups is 1. The quantitative estimate of drug-likeness (QED) is 0.373. The highest BCUT2D eigenvalue weighted by atomic mass is 32.2. The zero-order valence-electron chi connectivity index (χ0n) is 18.9. The Bertz CT molecular complexity index is 1420. The lowest BCUT2D eigenvalue weighted by molar-refractivity contribution is -0.123. The summed E-state index contributed by atoms with van der Waals surface area (Å²) in [6.07, 6.45) is 3.59. The molecule has 0 unspecified atom stereocenters. The molecule has 35 heavy (non-hydrogen) atoms. The molecule has 0 aliphatic carbocycles. The number of anilines is 1. The average molecular weight is 507 g/mol. The van der Waals surface area contributed by atoms with Gasteiger partial charge in [-0.3, -0.25) is 9.59 Å². The Labute approximate surface area is 207 Å².